The highest BCUT2D eigenvalue weighted by molar-refractivity contribution is 6.02. The van der Waals surface area contributed by atoms with E-state index in [9.17, 15) is 19.5 Å². The SMILES string of the molecule is CC/C(=C(\C1CCC(O)CC1)C1CCC(OCCN2CCN(CC3CCC(COC4CCCC5C(=O)N(C6CCC(=O)NC6=O)CC45)CN3)CC2)CC1)C1CCCCC1. The normalized spacial score (nSPS) is 37.6. The minimum absolute atomic E-state index is 0.0593. The Kier molecular flexibility index (Phi) is 15.6. The number of piperazine rings is 1. The molecule has 8 rings (SSSR count). The molecule has 6 unspecified atom stereocenters. The molecule has 0 aromatic rings. The molecule has 3 N–H and O–H groups in total. The van der Waals surface area contributed by atoms with Crippen molar-refractivity contribution in [3.8, 4) is 0 Å². The van der Waals surface area contributed by atoms with Gasteiger partial charge in [0.15, 0.2) is 0 Å². The lowest BCUT2D eigenvalue weighted by atomic mass is 9.68. The van der Waals surface area contributed by atoms with E-state index in [2.05, 4.69) is 27.4 Å². The quantitative estimate of drug-likeness (QED) is 0.147. The summed E-state index contributed by atoms with van der Waals surface area (Å²) >= 11 is 0. The number of aliphatic hydroxyl groups excluding tert-OH is 1. The van der Waals surface area contributed by atoms with Crippen LogP contribution in [-0.2, 0) is 23.9 Å². The molecule has 4 aliphatic heterocycles. The minimum Gasteiger partial charge on any atom is -0.393 e. The number of nitrogens with zero attached hydrogens (tertiary/aromatic N) is 3. The van der Waals surface area contributed by atoms with Gasteiger partial charge in [-0.3, -0.25) is 29.5 Å². The Bertz CT molecular complexity index is 1420. The van der Waals surface area contributed by atoms with E-state index in [4.69, 9.17) is 9.47 Å². The summed E-state index contributed by atoms with van der Waals surface area (Å²) in [6.45, 7) is 12.2. The van der Waals surface area contributed by atoms with Crippen LogP contribution in [0.1, 0.15) is 142 Å². The van der Waals surface area contributed by atoms with Crippen molar-refractivity contribution in [2.24, 2.45) is 35.5 Å². The first kappa shape index (κ1) is 43.7. The fraction of sp³-hybridized carbons (Fsp3) is 0.896. The lowest BCUT2D eigenvalue weighted by Gasteiger charge is -2.40. The highest BCUT2D eigenvalue weighted by Gasteiger charge is 2.50. The first-order valence-electron chi connectivity index (χ1n) is 24.8. The Hall–Kier alpha value is -1.89. The molecular weight excluding hydrogens is 743 g/mol. The molecule has 6 atom stereocenters. The Morgan fingerprint density at radius 2 is 1.47 bits per heavy atom. The third kappa shape index (κ3) is 11.0. The summed E-state index contributed by atoms with van der Waals surface area (Å²) in [4.78, 5) is 44.6. The second kappa shape index (κ2) is 21.0. The average Bonchev–Trinajstić information content (AvgIpc) is 3.60. The summed E-state index contributed by atoms with van der Waals surface area (Å²) in [5.74, 6) is 2.33. The maximum absolute atomic E-state index is 13.4. The number of carbonyl (C=O) groups excluding carboxylic acids is 3. The molecule has 0 radical (unpaired) electrons. The Morgan fingerprint density at radius 1 is 0.746 bits per heavy atom. The summed E-state index contributed by atoms with van der Waals surface area (Å²) in [5, 5.41) is 16.6. The lowest BCUT2D eigenvalue weighted by Crippen LogP contribution is -2.53. The maximum Gasteiger partial charge on any atom is 0.249 e. The van der Waals surface area contributed by atoms with Crippen LogP contribution in [-0.4, -0.2) is 133 Å². The van der Waals surface area contributed by atoms with Crippen molar-refractivity contribution < 1.29 is 29.0 Å². The van der Waals surface area contributed by atoms with Gasteiger partial charge in [0.25, 0.3) is 0 Å². The van der Waals surface area contributed by atoms with Crippen LogP contribution < -0.4 is 10.6 Å². The molecule has 8 aliphatic rings. The number of ether oxygens (including phenoxy) is 2. The number of carbonyl (C=O) groups is 3. The highest BCUT2D eigenvalue weighted by atomic mass is 16.5. The molecule has 0 bridgehead atoms. The molecule has 59 heavy (non-hydrogen) atoms. The van der Waals surface area contributed by atoms with E-state index >= 15 is 0 Å². The molecule has 332 valence electrons. The van der Waals surface area contributed by atoms with Gasteiger partial charge in [-0.05, 0) is 126 Å². The van der Waals surface area contributed by atoms with Crippen LogP contribution in [0.15, 0.2) is 11.1 Å². The van der Waals surface area contributed by atoms with E-state index in [0.717, 1.165) is 103 Å². The van der Waals surface area contributed by atoms with E-state index in [1.807, 2.05) is 11.1 Å². The zero-order chi connectivity index (χ0) is 40.7. The molecule has 0 aromatic heterocycles. The van der Waals surface area contributed by atoms with Gasteiger partial charge >= 0.3 is 0 Å². The number of aliphatic hydroxyl groups is 1. The number of hydrogen-bond donors (Lipinski definition) is 3. The summed E-state index contributed by atoms with van der Waals surface area (Å²) in [7, 11) is 0. The third-order valence-electron chi connectivity index (χ3n) is 16.6. The molecule has 4 saturated heterocycles. The zero-order valence-corrected chi connectivity index (χ0v) is 36.6. The molecule has 0 spiro atoms. The number of likely N-dealkylation sites (tertiary alicyclic amines) is 1. The number of hydrogen-bond acceptors (Lipinski definition) is 9. The lowest BCUT2D eigenvalue weighted by molar-refractivity contribution is -0.144. The number of fused-ring (bicyclic) bond motifs is 1. The fourth-order valence-corrected chi connectivity index (χ4v) is 13.1. The van der Waals surface area contributed by atoms with Gasteiger partial charge in [-0.1, -0.05) is 43.8 Å². The van der Waals surface area contributed by atoms with E-state index in [1.54, 1.807) is 4.90 Å². The smallest absolute Gasteiger partial charge is 0.249 e. The van der Waals surface area contributed by atoms with Gasteiger partial charge in [0.05, 0.1) is 31.5 Å². The summed E-state index contributed by atoms with van der Waals surface area (Å²) < 4.78 is 13.2. The van der Waals surface area contributed by atoms with Gasteiger partial charge < -0.3 is 24.8 Å². The second-order valence-electron chi connectivity index (χ2n) is 20.2. The number of allylic oxidation sites excluding steroid dienone is 2. The predicted molar refractivity (Wildman–Crippen MR) is 229 cm³/mol. The molecule has 4 heterocycles. The van der Waals surface area contributed by atoms with E-state index in [-0.39, 0.29) is 41.8 Å². The van der Waals surface area contributed by atoms with Crippen molar-refractivity contribution in [2.45, 2.75) is 172 Å². The molecule has 8 fully saturated rings. The first-order valence-corrected chi connectivity index (χ1v) is 24.8. The van der Waals surface area contributed by atoms with Gasteiger partial charge in [0.1, 0.15) is 6.04 Å². The molecular formula is C48H79N5O6. The van der Waals surface area contributed by atoms with E-state index in [1.165, 1.54) is 89.9 Å². The summed E-state index contributed by atoms with van der Waals surface area (Å²) in [5.41, 5.74) is 3.70. The Balaban J connectivity index is 0.703. The fourth-order valence-electron chi connectivity index (χ4n) is 13.1. The maximum atomic E-state index is 13.4. The van der Waals surface area contributed by atoms with Crippen LogP contribution in [0.2, 0.25) is 0 Å². The van der Waals surface area contributed by atoms with Crippen molar-refractivity contribution >= 4 is 17.7 Å². The largest absolute Gasteiger partial charge is 0.393 e. The minimum atomic E-state index is -0.520. The predicted octanol–water partition coefficient (Wildman–Crippen LogP) is 5.83. The van der Waals surface area contributed by atoms with Crippen LogP contribution in [0.4, 0.5) is 0 Å². The Labute approximate surface area is 355 Å². The molecule has 11 heteroatoms. The number of amides is 3. The van der Waals surface area contributed by atoms with Crippen LogP contribution in [0.3, 0.4) is 0 Å². The molecule has 0 aromatic carbocycles. The van der Waals surface area contributed by atoms with Gasteiger partial charge in [0, 0.05) is 76.7 Å². The number of nitrogens with one attached hydrogen (secondary N) is 2. The summed E-state index contributed by atoms with van der Waals surface area (Å²) in [6, 6.07) is 0.00913. The molecule has 4 saturated carbocycles. The topological polar surface area (TPSA) is 124 Å². The summed E-state index contributed by atoms with van der Waals surface area (Å²) in [6.07, 6.45) is 23.9. The molecule has 3 amide bonds. The van der Waals surface area contributed by atoms with Gasteiger partial charge in [-0.2, -0.15) is 0 Å². The van der Waals surface area contributed by atoms with Crippen molar-refractivity contribution in [2.75, 3.05) is 65.6 Å². The highest BCUT2D eigenvalue weighted by Crippen LogP contribution is 2.46. The number of imide groups is 1. The molecule has 11 nitrogen and oxygen atoms in total. The van der Waals surface area contributed by atoms with Crippen LogP contribution >= 0.6 is 0 Å². The van der Waals surface area contributed by atoms with Crippen molar-refractivity contribution in [1.29, 1.82) is 0 Å². The van der Waals surface area contributed by atoms with Crippen LogP contribution in [0.5, 0.6) is 0 Å². The van der Waals surface area contributed by atoms with Crippen molar-refractivity contribution in [3.63, 3.8) is 0 Å². The standard InChI is InChI=1S/C48H79N5O6/c1-2-40(34-7-4-3-5-8-34)46(35-12-17-38(54)18-13-35)36-14-19-39(20-15-36)58-28-27-51-23-25-52(26-24-51)30-37-16-11-33(29-49-37)32-59-44-10-6-9-41-42(44)31-53(48(41)57)43-21-22-45(55)50-47(43)56/h33-39,41-44,49,54H,2-32H2,1H3,(H,50,55,56)/b46-40-. The average molecular weight is 822 g/mol. The monoisotopic (exact) mass is 822 g/mol. The van der Waals surface area contributed by atoms with Gasteiger partial charge in [-0.15, -0.1) is 0 Å². The second-order valence-corrected chi connectivity index (χ2v) is 20.2. The number of rotatable bonds is 14. The number of piperidine rings is 2. The van der Waals surface area contributed by atoms with Gasteiger partial charge in [0.2, 0.25) is 17.7 Å². The molecule has 4 aliphatic carbocycles. The van der Waals surface area contributed by atoms with E-state index < -0.39 is 6.04 Å². The third-order valence-corrected chi connectivity index (χ3v) is 16.6. The van der Waals surface area contributed by atoms with Gasteiger partial charge in [-0.25, -0.2) is 0 Å². The van der Waals surface area contributed by atoms with Crippen LogP contribution in [0, 0.1) is 35.5 Å². The van der Waals surface area contributed by atoms with Crippen molar-refractivity contribution in [1.82, 2.24) is 25.3 Å². The van der Waals surface area contributed by atoms with E-state index in [0.29, 0.717) is 43.4 Å². The van der Waals surface area contributed by atoms with Crippen LogP contribution in [0.25, 0.3) is 0 Å². The first-order chi connectivity index (χ1) is 28.8. The Morgan fingerprint density at radius 3 is 2.17 bits per heavy atom. The zero-order valence-electron chi connectivity index (χ0n) is 36.6. The van der Waals surface area contributed by atoms with Crippen molar-refractivity contribution in [3.05, 3.63) is 11.1 Å².